The Bertz CT molecular complexity index is 384. The summed E-state index contributed by atoms with van der Waals surface area (Å²) in [4.78, 5) is 14.5. The lowest BCUT2D eigenvalue weighted by Crippen LogP contribution is -2.19. The van der Waals surface area contributed by atoms with E-state index in [0.717, 1.165) is 0 Å². The van der Waals surface area contributed by atoms with Crippen molar-refractivity contribution in [2.45, 2.75) is 19.4 Å². The zero-order chi connectivity index (χ0) is 12.1. The van der Waals surface area contributed by atoms with E-state index < -0.39 is 12.1 Å². The minimum Gasteiger partial charge on any atom is -0.478 e. The van der Waals surface area contributed by atoms with E-state index in [4.69, 9.17) is 16.7 Å². The number of carboxylic acids is 1. The summed E-state index contributed by atoms with van der Waals surface area (Å²) in [5.74, 6) is -0.700. The van der Waals surface area contributed by atoms with E-state index >= 15 is 0 Å². The van der Waals surface area contributed by atoms with Crippen molar-refractivity contribution >= 4 is 23.4 Å². The van der Waals surface area contributed by atoms with Crippen LogP contribution in [0, 0.1) is 0 Å². The third-order valence-corrected chi connectivity index (χ3v) is 2.35. The van der Waals surface area contributed by atoms with Crippen molar-refractivity contribution in [1.82, 2.24) is 4.98 Å². The van der Waals surface area contributed by atoms with Crippen LogP contribution in [0.1, 0.15) is 23.7 Å². The van der Waals surface area contributed by atoms with E-state index in [-0.39, 0.29) is 10.6 Å². The molecule has 0 aliphatic carbocycles. The van der Waals surface area contributed by atoms with Gasteiger partial charge in [0.25, 0.3) is 0 Å². The van der Waals surface area contributed by atoms with Gasteiger partial charge in [-0.3, -0.25) is 0 Å². The number of hydrogen-bond acceptors (Lipinski definition) is 4. The largest absolute Gasteiger partial charge is 0.478 e. The Labute approximate surface area is 98.1 Å². The first-order valence-corrected chi connectivity index (χ1v) is 5.23. The fourth-order valence-electron chi connectivity index (χ4n) is 1.04. The van der Waals surface area contributed by atoms with Crippen LogP contribution in [-0.2, 0) is 0 Å². The van der Waals surface area contributed by atoms with Gasteiger partial charge in [-0.15, -0.1) is 0 Å². The second-order valence-electron chi connectivity index (χ2n) is 3.30. The van der Waals surface area contributed by atoms with Crippen molar-refractivity contribution in [1.29, 1.82) is 0 Å². The van der Waals surface area contributed by atoms with E-state index in [1.165, 1.54) is 12.3 Å². The Balaban J connectivity index is 2.72. The molecular formula is C10H13ClN2O3. The number of rotatable bonds is 5. The molecule has 0 spiro atoms. The van der Waals surface area contributed by atoms with Crippen molar-refractivity contribution < 1.29 is 15.0 Å². The standard InChI is InChI=1S/C10H13ClN2O3/c1-2-7(14)5-13-9-8(11)3-6(4-12-9)10(15)16/h3-4,7,14H,2,5H2,1H3,(H,12,13)(H,15,16). The quantitative estimate of drug-likeness (QED) is 0.733. The van der Waals surface area contributed by atoms with Gasteiger partial charge in [0, 0.05) is 12.7 Å². The molecule has 0 aliphatic heterocycles. The molecule has 0 fully saturated rings. The summed E-state index contributed by atoms with van der Waals surface area (Å²) in [6, 6.07) is 1.32. The molecule has 16 heavy (non-hydrogen) atoms. The zero-order valence-corrected chi connectivity index (χ0v) is 9.53. The third kappa shape index (κ3) is 3.36. The topological polar surface area (TPSA) is 82.5 Å². The number of nitrogens with zero attached hydrogens (tertiary/aromatic N) is 1. The molecule has 0 radical (unpaired) electrons. The van der Waals surface area contributed by atoms with Crippen LogP contribution < -0.4 is 5.32 Å². The van der Waals surface area contributed by atoms with Crippen LogP contribution in [0.15, 0.2) is 12.3 Å². The molecule has 6 heteroatoms. The summed E-state index contributed by atoms with van der Waals surface area (Å²) in [6.07, 6.45) is 1.36. The number of nitrogens with one attached hydrogen (secondary N) is 1. The highest BCUT2D eigenvalue weighted by atomic mass is 35.5. The minimum atomic E-state index is -1.07. The zero-order valence-electron chi connectivity index (χ0n) is 8.77. The summed E-state index contributed by atoms with van der Waals surface area (Å²) >= 11 is 5.83. The molecule has 0 saturated heterocycles. The molecule has 0 aromatic carbocycles. The number of halogens is 1. The summed E-state index contributed by atoms with van der Waals surface area (Å²) in [6.45, 7) is 2.19. The molecular weight excluding hydrogens is 232 g/mol. The van der Waals surface area contributed by atoms with Gasteiger partial charge in [0.1, 0.15) is 5.82 Å². The first-order chi connectivity index (χ1) is 7.54. The molecule has 1 heterocycles. The number of aliphatic hydroxyl groups excluding tert-OH is 1. The molecule has 0 amide bonds. The minimum absolute atomic E-state index is 0.0339. The van der Waals surface area contributed by atoms with Gasteiger partial charge in [0.2, 0.25) is 0 Å². The molecule has 88 valence electrons. The van der Waals surface area contributed by atoms with Gasteiger partial charge in [-0.25, -0.2) is 9.78 Å². The first-order valence-electron chi connectivity index (χ1n) is 4.85. The molecule has 0 saturated carbocycles. The second-order valence-corrected chi connectivity index (χ2v) is 3.71. The molecule has 1 aromatic heterocycles. The number of aromatic nitrogens is 1. The Hall–Kier alpha value is -1.33. The van der Waals surface area contributed by atoms with Crippen molar-refractivity contribution in [2.75, 3.05) is 11.9 Å². The fraction of sp³-hybridized carbons (Fsp3) is 0.400. The highest BCUT2D eigenvalue weighted by Crippen LogP contribution is 2.20. The SMILES string of the molecule is CCC(O)CNc1ncc(C(=O)O)cc1Cl. The summed E-state index contributed by atoms with van der Waals surface area (Å²) in [5, 5.41) is 21.1. The van der Waals surface area contributed by atoms with Crippen molar-refractivity contribution in [3.05, 3.63) is 22.8 Å². The lowest BCUT2D eigenvalue weighted by atomic mass is 10.2. The molecule has 1 aromatic rings. The Morgan fingerprint density at radius 3 is 2.88 bits per heavy atom. The van der Waals surface area contributed by atoms with Crippen molar-refractivity contribution in [2.24, 2.45) is 0 Å². The predicted molar refractivity (Wildman–Crippen MR) is 61.0 cm³/mol. The van der Waals surface area contributed by atoms with Gasteiger partial charge < -0.3 is 15.5 Å². The van der Waals surface area contributed by atoms with E-state index in [1.54, 1.807) is 0 Å². The number of anilines is 1. The molecule has 1 atom stereocenters. The number of aliphatic hydroxyl groups is 1. The normalized spacial score (nSPS) is 12.2. The van der Waals surface area contributed by atoms with Crippen molar-refractivity contribution in [3.63, 3.8) is 0 Å². The smallest absolute Gasteiger partial charge is 0.337 e. The van der Waals surface area contributed by atoms with Crippen LogP contribution in [0.5, 0.6) is 0 Å². The number of hydrogen-bond donors (Lipinski definition) is 3. The van der Waals surface area contributed by atoms with Crippen LogP contribution >= 0.6 is 11.6 Å². The Kier molecular flexibility index (Phi) is 4.52. The molecule has 0 aliphatic rings. The van der Waals surface area contributed by atoms with Gasteiger partial charge in [-0.1, -0.05) is 18.5 Å². The maximum absolute atomic E-state index is 10.6. The molecule has 3 N–H and O–H groups in total. The van der Waals surface area contributed by atoms with Crippen molar-refractivity contribution in [3.8, 4) is 0 Å². The predicted octanol–water partition coefficient (Wildman–Crippen LogP) is 1.62. The van der Waals surface area contributed by atoms with E-state index in [1.807, 2.05) is 6.92 Å². The van der Waals surface area contributed by atoms with E-state index in [0.29, 0.717) is 18.8 Å². The van der Waals surface area contributed by atoms with Crippen LogP contribution in [-0.4, -0.2) is 33.8 Å². The number of pyridine rings is 1. The first kappa shape index (κ1) is 12.7. The summed E-state index contributed by atoms with van der Waals surface area (Å²) in [5.41, 5.74) is 0.0339. The second kappa shape index (κ2) is 5.67. The van der Waals surface area contributed by atoms with E-state index in [2.05, 4.69) is 10.3 Å². The Morgan fingerprint density at radius 1 is 1.69 bits per heavy atom. The van der Waals surface area contributed by atoms with Gasteiger partial charge in [-0.05, 0) is 12.5 Å². The Morgan fingerprint density at radius 2 is 2.38 bits per heavy atom. The van der Waals surface area contributed by atoms with Gasteiger partial charge >= 0.3 is 5.97 Å². The highest BCUT2D eigenvalue weighted by Gasteiger charge is 2.09. The number of carbonyl (C=O) groups is 1. The molecule has 5 nitrogen and oxygen atoms in total. The van der Waals surface area contributed by atoms with Crippen LogP contribution in [0.25, 0.3) is 0 Å². The fourth-order valence-corrected chi connectivity index (χ4v) is 1.28. The van der Waals surface area contributed by atoms with Gasteiger partial charge in [-0.2, -0.15) is 0 Å². The van der Waals surface area contributed by atoms with Gasteiger partial charge in [0.05, 0.1) is 16.7 Å². The van der Waals surface area contributed by atoms with Crippen LogP contribution in [0.4, 0.5) is 5.82 Å². The molecule has 0 bridgehead atoms. The van der Waals surface area contributed by atoms with Crippen LogP contribution in [0.3, 0.4) is 0 Å². The van der Waals surface area contributed by atoms with Gasteiger partial charge in [0.15, 0.2) is 0 Å². The highest BCUT2D eigenvalue weighted by molar-refractivity contribution is 6.33. The number of carboxylic acid groups (broad SMARTS) is 1. The third-order valence-electron chi connectivity index (χ3n) is 2.06. The maximum atomic E-state index is 10.6. The maximum Gasteiger partial charge on any atom is 0.337 e. The number of aromatic carboxylic acids is 1. The van der Waals surface area contributed by atoms with Crippen LogP contribution in [0.2, 0.25) is 5.02 Å². The average Bonchev–Trinajstić information content (AvgIpc) is 2.26. The summed E-state index contributed by atoms with van der Waals surface area (Å²) in [7, 11) is 0. The molecule has 1 unspecified atom stereocenters. The lowest BCUT2D eigenvalue weighted by Gasteiger charge is -2.11. The molecule has 1 rings (SSSR count). The van der Waals surface area contributed by atoms with E-state index in [9.17, 15) is 9.90 Å². The monoisotopic (exact) mass is 244 g/mol. The summed E-state index contributed by atoms with van der Waals surface area (Å²) < 4.78 is 0. The average molecular weight is 245 g/mol. The lowest BCUT2D eigenvalue weighted by molar-refractivity contribution is 0.0696.